The summed E-state index contributed by atoms with van der Waals surface area (Å²) in [5, 5.41) is 0. The van der Waals surface area contributed by atoms with Crippen LogP contribution in [0.5, 0.6) is 0 Å². The number of carbonyl (C=O) groups excluding carboxylic acids is 1. The van der Waals surface area contributed by atoms with Gasteiger partial charge in [0.05, 0.1) is 0 Å². The molecule has 160 valence electrons. The minimum Gasteiger partial charge on any atom is -0.347 e. The highest BCUT2D eigenvalue weighted by molar-refractivity contribution is 5.95. The van der Waals surface area contributed by atoms with E-state index in [2.05, 4.69) is 35.7 Å². The zero-order valence-electron chi connectivity index (χ0n) is 18.4. The van der Waals surface area contributed by atoms with Crippen molar-refractivity contribution in [2.45, 2.75) is 51.6 Å². The summed E-state index contributed by atoms with van der Waals surface area (Å²) in [5.74, 6) is 0.571. The van der Waals surface area contributed by atoms with E-state index in [-0.39, 0.29) is 11.3 Å². The van der Waals surface area contributed by atoms with Crippen molar-refractivity contribution in [2.24, 2.45) is 5.92 Å². The maximum atomic E-state index is 13.6. The fourth-order valence-electron chi connectivity index (χ4n) is 5.15. The van der Waals surface area contributed by atoms with Crippen molar-refractivity contribution in [2.75, 3.05) is 27.2 Å². The Morgan fingerprint density at radius 1 is 1.13 bits per heavy atom. The number of hydrogen-bond donors (Lipinski definition) is 0. The number of amides is 1. The minimum atomic E-state index is -0.121. The lowest BCUT2D eigenvalue weighted by molar-refractivity contribution is 0.0699. The van der Waals surface area contributed by atoms with E-state index in [0.717, 1.165) is 50.3 Å². The standard InChI is InChI=1S/C25H33N3O2/c1-18-15-23(29)24(25(30)28-17-20-9-11-21(28)16-20)22(27(18)14-13-26(2)3)12-10-19-7-5-4-6-8-19/h4-8,15,20-21H,9-14,16-17H2,1-3H3/t20-,21+/m0/s1. The van der Waals surface area contributed by atoms with Crippen LogP contribution in [0.3, 0.4) is 0 Å². The van der Waals surface area contributed by atoms with Gasteiger partial charge in [-0.25, -0.2) is 0 Å². The van der Waals surface area contributed by atoms with Crippen molar-refractivity contribution >= 4 is 5.91 Å². The number of aromatic nitrogens is 1. The molecule has 4 rings (SSSR count). The second-order valence-corrected chi connectivity index (χ2v) is 9.20. The number of fused-ring (bicyclic) bond motifs is 2. The van der Waals surface area contributed by atoms with E-state index in [1.807, 2.05) is 30.0 Å². The maximum Gasteiger partial charge on any atom is 0.259 e. The molecule has 5 nitrogen and oxygen atoms in total. The number of nitrogens with zero attached hydrogens (tertiary/aromatic N) is 3. The Bertz CT molecular complexity index is 964. The third-order valence-corrected chi connectivity index (χ3v) is 6.77. The van der Waals surface area contributed by atoms with Crippen LogP contribution in [-0.2, 0) is 19.4 Å². The maximum absolute atomic E-state index is 13.6. The van der Waals surface area contributed by atoms with Crippen LogP contribution in [0.15, 0.2) is 41.2 Å². The first-order chi connectivity index (χ1) is 14.4. The Hall–Kier alpha value is -2.40. The molecule has 1 saturated carbocycles. The largest absolute Gasteiger partial charge is 0.347 e. The molecule has 2 fully saturated rings. The van der Waals surface area contributed by atoms with Gasteiger partial charge in [-0.3, -0.25) is 9.59 Å². The Morgan fingerprint density at radius 2 is 1.90 bits per heavy atom. The molecule has 1 amide bonds. The Balaban J connectivity index is 1.71. The quantitative estimate of drug-likeness (QED) is 0.708. The van der Waals surface area contributed by atoms with E-state index in [0.29, 0.717) is 23.9 Å². The smallest absolute Gasteiger partial charge is 0.259 e. The minimum absolute atomic E-state index is 0.0473. The van der Waals surface area contributed by atoms with Gasteiger partial charge >= 0.3 is 0 Å². The average Bonchev–Trinajstić information content (AvgIpc) is 3.35. The van der Waals surface area contributed by atoms with Crippen LogP contribution in [0.4, 0.5) is 0 Å². The second-order valence-electron chi connectivity index (χ2n) is 9.20. The van der Waals surface area contributed by atoms with Gasteiger partial charge in [-0.1, -0.05) is 30.3 Å². The highest BCUT2D eigenvalue weighted by atomic mass is 16.2. The van der Waals surface area contributed by atoms with Crippen LogP contribution in [0, 0.1) is 12.8 Å². The van der Waals surface area contributed by atoms with E-state index >= 15 is 0 Å². The van der Waals surface area contributed by atoms with Gasteiger partial charge in [0.1, 0.15) is 5.56 Å². The van der Waals surface area contributed by atoms with Gasteiger partial charge < -0.3 is 14.4 Å². The van der Waals surface area contributed by atoms with Crippen LogP contribution in [-0.4, -0.2) is 53.5 Å². The van der Waals surface area contributed by atoms with Crippen molar-refractivity contribution < 1.29 is 4.79 Å². The monoisotopic (exact) mass is 407 g/mol. The lowest BCUT2D eigenvalue weighted by atomic mass is 10.0. The van der Waals surface area contributed by atoms with Gasteiger partial charge in [-0.05, 0) is 64.6 Å². The number of piperidine rings is 1. The zero-order chi connectivity index (χ0) is 21.3. The van der Waals surface area contributed by atoms with Gasteiger partial charge in [0, 0.05) is 43.1 Å². The Kier molecular flexibility index (Phi) is 6.09. The summed E-state index contributed by atoms with van der Waals surface area (Å²) in [4.78, 5) is 30.8. The zero-order valence-corrected chi connectivity index (χ0v) is 18.4. The molecule has 5 heteroatoms. The molecule has 0 N–H and O–H groups in total. The number of aryl methyl sites for hydroxylation is 2. The Morgan fingerprint density at radius 3 is 2.53 bits per heavy atom. The van der Waals surface area contributed by atoms with Crippen molar-refractivity contribution in [3.05, 3.63) is 69.1 Å². The number of hydrogen-bond acceptors (Lipinski definition) is 3. The van der Waals surface area contributed by atoms with Crippen LogP contribution in [0.2, 0.25) is 0 Å². The lowest BCUT2D eigenvalue weighted by Gasteiger charge is -2.29. The molecule has 1 aromatic heterocycles. The topological polar surface area (TPSA) is 45.6 Å². The Labute approximate surface area is 179 Å². The molecule has 2 atom stereocenters. The summed E-state index contributed by atoms with van der Waals surface area (Å²) in [6.07, 6.45) is 4.91. The van der Waals surface area contributed by atoms with Gasteiger partial charge in [-0.2, -0.15) is 0 Å². The summed E-state index contributed by atoms with van der Waals surface area (Å²) < 4.78 is 2.20. The molecule has 0 radical (unpaired) electrons. The first-order valence-corrected chi connectivity index (χ1v) is 11.2. The fraction of sp³-hybridized carbons (Fsp3) is 0.520. The molecule has 1 aromatic carbocycles. The number of pyridine rings is 1. The van der Waals surface area contributed by atoms with Crippen molar-refractivity contribution in [1.82, 2.24) is 14.4 Å². The molecule has 1 aliphatic heterocycles. The first kappa shape index (κ1) is 20.9. The van der Waals surface area contributed by atoms with Crippen LogP contribution in [0.25, 0.3) is 0 Å². The van der Waals surface area contributed by atoms with E-state index in [1.54, 1.807) is 6.07 Å². The first-order valence-electron chi connectivity index (χ1n) is 11.2. The van der Waals surface area contributed by atoms with Gasteiger partial charge in [0.15, 0.2) is 5.43 Å². The molecule has 2 aliphatic rings. The number of likely N-dealkylation sites (tertiary alicyclic amines) is 1. The average molecular weight is 408 g/mol. The fourth-order valence-corrected chi connectivity index (χ4v) is 5.15. The molecule has 0 spiro atoms. The summed E-state index contributed by atoms with van der Waals surface area (Å²) >= 11 is 0. The SMILES string of the molecule is Cc1cc(=O)c(C(=O)N2C[C@H]3CC[C@@H]2C3)c(CCc2ccccc2)n1CCN(C)C. The molecular formula is C25H33N3O2. The third kappa shape index (κ3) is 4.22. The molecule has 0 unspecified atom stereocenters. The van der Waals surface area contributed by atoms with Crippen molar-refractivity contribution in [3.8, 4) is 0 Å². The number of carbonyl (C=O) groups is 1. The van der Waals surface area contributed by atoms with Gasteiger partial charge in [-0.15, -0.1) is 0 Å². The predicted octanol–water partition coefficient (Wildman–Crippen LogP) is 3.13. The highest BCUT2D eigenvalue weighted by Crippen LogP contribution is 2.38. The van der Waals surface area contributed by atoms with Crippen molar-refractivity contribution in [1.29, 1.82) is 0 Å². The summed E-state index contributed by atoms with van der Waals surface area (Å²) in [5.41, 5.74) is 3.35. The van der Waals surface area contributed by atoms with Gasteiger partial charge in [0.2, 0.25) is 0 Å². The summed E-state index contributed by atoms with van der Waals surface area (Å²) in [6.45, 7) is 4.43. The third-order valence-electron chi connectivity index (χ3n) is 6.77. The van der Waals surface area contributed by atoms with E-state index in [4.69, 9.17) is 0 Å². The molecule has 2 bridgehead atoms. The highest BCUT2D eigenvalue weighted by Gasteiger charge is 2.41. The van der Waals surface area contributed by atoms with Crippen LogP contribution in [0.1, 0.15) is 46.6 Å². The van der Waals surface area contributed by atoms with Crippen molar-refractivity contribution in [3.63, 3.8) is 0 Å². The van der Waals surface area contributed by atoms with E-state index in [9.17, 15) is 9.59 Å². The predicted molar refractivity (Wildman–Crippen MR) is 120 cm³/mol. The normalized spacial score (nSPS) is 20.3. The van der Waals surface area contributed by atoms with E-state index in [1.165, 1.54) is 12.0 Å². The molecule has 2 heterocycles. The lowest BCUT2D eigenvalue weighted by Crippen LogP contribution is -2.41. The van der Waals surface area contributed by atoms with Gasteiger partial charge in [0.25, 0.3) is 5.91 Å². The number of likely N-dealkylation sites (N-methyl/N-ethyl adjacent to an activating group) is 1. The molecular weight excluding hydrogens is 374 g/mol. The summed E-state index contributed by atoms with van der Waals surface area (Å²) in [6, 6.07) is 12.3. The molecule has 2 aromatic rings. The van der Waals surface area contributed by atoms with E-state index < -0.39 is 0 Å². The second kappa shape index (κ2) is 8.76. The molecule has 1 aliphatic carbocycles. The molecule has 30 heavy (non-hydrogen) atoms. The number of rotatable bonds is 7. The summed E-state index contributed by atoms with van der Waals surface area (Å²) in [7, 11) is 4.10. The number of benzene rings is 1. The van der Waals surface area contributed by atoms with Crippen LogP contribution >= 0.6 is 0 Å². The van der Waals surface area contributed by atoms with Crippen LogP contribution < -0.4 is 5.43 Å². The molecule has 1 saturated heterocycles.